The molecule has 2 rings (SSSR count). The monoisotopic (exact) mass is 264 g/mol. The number of hydrogen-bond donors (Lipinski definition) is 1. The molecule has 0 spiro atoms. The number of ether oxygens (including phenoxy) is 1. The normalized spacial score (nSPS) is 15.3. The first kappa shape index (κ1) is 13.0. The van der Waals surface area contributed by atoms with Gasteiger partial charge in [-0.2, -0.15) is 0 Å². The van der Waals surface area contributed by atoms with Crippen molar-refractivity contribution in [1.82, 2.24) is 5.06 Å². The standard InChI is InChI=1S/C12H12N2O5/c1-7(19-12(13)17)6-18-14-10(15)8-4-2-3-5-9(8)11(14)16/h2-5,7H,6H2,1H3,(H2,13,17)/t7-/m1/s1. The van der Waals surface area contributed by atoms with Crippen molar-refractivity contribution in [3.8, 4) is 0 Å². The van der Waals surface area contributed by atoms with Crippen LogP contribution < -0.4 is 5.73 Å². The van der Waals surface area contributed by atoms with Crippen LogP contribution in [0.3, 0.4) is 0 Å². The maximum atomic E-state index is 11.9. The second kappa shape index (κ2) is 5.07. The second-order valence-electron chi connectivity index (χ2n) is 3.99. The largest absolute Gasteiger partial charge is 0.444 e. The lowest BCUT2D eigenvalue weighted by Crippen LogP contribution is -2.34. The summed E-state index contributed by atoms with van der Waals surface area (Å²) in [4.78, 5) is 39.4. The van der Waals surface area contributed by atoms with Gasteiger partial charge in [-0.3, -0.25) is 14.4 Å². The lowest BCUT2D eigenvalue weighted by atomic mass is 10.1. The Labute approximate surface area is 108 Å². The minimum absolute atomic E-state index is 0.144. The molecule has 1 atom stereocenters. The van der Waals surface area contributed by atoms with Gasteiger partial charge in [0.1, 0.15) is 12.7 Å². The predicted molar refractivity (Wildman–Crippen MR) is 63.0 cm³/mol. The van der Waals surface area contributed by atoms with Gasteiger partial charge in [0.2, 0.25) is 0 Å². The van der Waals surface area contributed by atoms with Crippen molar-refractivity contribution in [2.24, 2.45) is 5.73 Å². The molecule has 100 valence electrons. The highest BCUT2D eigenvalue weighted by Gasteiger charge is 2.36. The van der Waals surface area contributed by atoms with E-state index in [1.165, 1.54) is 6.92 Å². The van der Waals surface area contributed by atoms with E-state index >= 15 is 0 Å². The summed E-state index contributed by atoms with van der Waals surface area (Å²) >= 11 is 0. The van der Waals surface area contributed by atoms with Crippen LogP contribution >= 0.6 is 0 Å². The molecule has 19 heavy (non-hydrogen) atoms. The van der Waals surface area contributed by atoms with Gasteiger partial charge >= 0.3 is 6.09 Å². The zero-order valence-electron chi connectivity index (χ0n) is 10.2. The third-order valence-corrected chi connectivity index (χ3v) is 2.51. The van der Waals surface area contributed by atoms with Crippen molar-refractivity contribution >= 4 is 17.9 Å². The molecule has 0 saturated heterocycles. The van der Waals surface area contributed by atoms with Crippen LogP contribution in [-0.2, 0) is 9.57 Å². The smallest absolute Gasteiger partial charge is 0.404 e. The van der Waals surface area contributed by atoms with Gasteiger partial charge in [0.25, 0.3) is 11.8 Å². The quantitative estimate of drug-likeness (QED) is 0.807. The molecule has 0 unspecified atom stereocenters. The molecule has 3 amide bonds. The van der Waals surface area contributed by atoms with Gasteiger partial charge in [0, 0.05) is 0 Å². The van der Waals surface area contributed by atoms with Gasteiger partial charge in [-0.05, 0) is 19.1 Å². The van der Waals surface area contributed by atoms with Crippen LogP contribution in [0.5, 0.6) is 0 Å². The average molecular weight is 264 g/mol. The van der Waals surface area contributed by atoms with Gasteiger partial charge < -0.3 is 10.5 Å². The highest BCUT2D eigenvalue weighted by atomic mass is 16.7. The summed E-state index contributed by atoms with van der Waals surface area (Å²) in [6.45, 7) is 1.39. The van der Waals surface area contributed by atoms with Crippen molar-refractivity contribution in [3.05, 3.63) is 35.4 Å². The molecule has 1 aromatic carbocycles. The number of nitrogens with two attached hydrogens (primary N) is 1. The number of nitrogens with zero attached hydrogens (tertiary/aromatic N) is 1. The summed E-state index contributed by atoms with van der Waals surface area (Å²) in [5.41, 5.74) is 5.41. The van der Waals surface area contributed by atoms with Gasteiger partial charge in [-0.1, -0.05) is 12.1 Å². The minimum Gasteiger partial charge on any atom is -0.444 e. The highest BCUT2D eigenvalue weighted by molar-refractivity contribution is 6.20. The number of benzene rings is 1. The number of hydrogen-bond acceptors (Lipinski definition) is 5. The number of imide groups is 1. The molecule has 1 aliphatic heterocycles. The second-order valence-corrected chi connectivity index (χ2v) is 3.99. The number of carbonyl (C=O) groups excluding carboxylic acids is 3. The molecule has 0 aliphatic carbocycles. The summed E-state index contributed by atoms with van der Waals surface area (Å²) in [6.07, 6.45) is -1.61. The molecule has 0 radical (unpaired) electrons. The van der Waals surface area contributed by atoms with E-state index in [0.29, 0.717) is 5.06 Å². The summed E-state index contributed by atoms with van der Waals surface area (Å²) in [7, 11) is 0. The molecule has 0 saturated carbocycles. The molecule has 1 aliphatic rings. The molecule has 1 aromatic rings. The fraction of sp³-hybridized carbons (Fsp3) is 0.250. The Morgan fingerprint density at radius 2 is 1.79 bits per heavy atom. The van der Waals surface area contributed by atoms with E-state index in [-0.39, 0.29) is 17.7 Å². The molecule has 1 heterocycles. The molecule has 2 N–H and O–H groups in total. The lowest BCUT2D eigenvalue weighted by molar-refractivity contribution is -0.113. The van der Waals surface area contributed by atoms with Crippen LogP contribution in [0.1, 0.15) is 27.6 Å². The van der Waals surface area contributed by atoms with Gasteiger partial charge in [0.15, 0.2) is 0 Å². The fourth-order valence-corrected chi connectivity index (χ4v) is 1.70. The van der Waals surface area contributed by atoms with Crippen LogP contribution in [-0.4, -0.2) is 35.7 Å². The first-order chi connectivity index (χ1) is 9.00. The predicted octanol–water partition coefficient (Wildman–Crippen LogP) is 0.698. The Morgan fingerprint density at radius 3 is 2.26 bits per heavy atom. The van der Waals surface area contributed by atoms with E-state index in [2.05, 4.69) is 4.74 Å². The number of amides is 3. The highest BCUT2D eigenvalue weighted by Crippen LogP contribution is 2.22. The summed E-state index contributed by atoms with van der Waals surface area (Å²) in [5.74, 6) is -1.07. The Kier molecular flexibility index (Phi) is 3.48. The van der Waals surface area contributed by atoms with Crippen molar-refractivity contribution in [3.63, 3.8) is 0 Å². The Morgan fingerprint density at radius 1 is 1.26 bits per heavy atom. The zero-order valence-corrected chi connectivity index (χ0v) is 10.2. The number of rotatable bonds is 4. The minimum atomic E-state index is -0.946. The summed E-state index contributed by atoms with van der Waals surface area (Å²) in [6, 6.07) is 6.41. The van der Waals surface area contributed by atoms with E-state index in [0.717, 1.165) is 0 Å². The SMILES string of the molecule is C[C@H](CON1C(=O)c2ccccc2C1=O)OC(N)=O. The lowest BCUT2D eigenvalue weighted by Gasteiger charge is -2.16. The Bertz CT molecular complexity index is 508. The summed E-state index contributed by atoms with van der Waals surface area (Å²) < 4.78 is 4.62. The van der Waals surface area contributed by atoms with Gasteiger partial charge in [0.05, 0.1) is 11.1 Å². The third kappa shape index (κ3) is 2.55. The van der Waals surface area contributed by atoms with E-state index in [1.807, 2.05) is 0 Å². The first-order valence-electron chi connectivity index (χ1n) is 5.57. The molecule has 0 aromatic heterocycles. The molecule has 7 nitrogen and oxygen atoms in total. The van der Waals surface area contributed by atoms with Crippen molar-refractivity contribution in [1.29, 1.82) is 0 Å². The molecular formula is C12H12N2O5. The van der Waals surface area contributed by atoms with E-state index in [4.69, 9.17) is 10.6 Å². The molecular weight excluding hydrogens is 252 g/mol. The Balaban J connectivity index is 2.02. The van der Waals surface area contributed by atoms with Crippen LogP contribution in [0.25, 0.3) is 0 Å². The maximum Gasteiger partial charge on any atom is 0.404 e. The van der Waals surface area contributed by atoms with Gasteiger partial charge in [-0.25, -0.2) is 4.79 Å². The topological polar surface area (TPSA) is 98.9 Å². The molecule has 7 heteroatoms. The van der Waals surface area contributed by atoms with Crippen LogP contribution in [0.4, 0.5) is 4.79 Å². The first-order valence-corrected chi connectivity index (χ1v) is 5.57. The number of hydroxylamine groups is 2. The van der Waals surface area contributed by atoms with E-state index < -0.39 is 24.0 Å². The van der Waals surface area contributed by atoms with Crippen molar-refractivity contribution in [2.45, 2.75) is 13.0 Å². The number of carbonyl (C=O) groups is 3. The van der Waals surface area contributed by atoms with Crippen molar-refractivity contribution in [2.75, 3.05) is 6.61 Å². The van der Waals surface area contributed by atoms with Gasteiger partial charge in [-0.15, -0.1) is 5.06 Å². The van der Waals surface area contributed by atoms with Crippen LogP contribution in [0, 0.1) is 0 Å². The van der Waals surface area contributed by atoms with Crippen molar-refractivity contribution < 1.29 is 24.0 Å². The van der Waals surface area contributed by atoms with E-state index in [1.54, 1.807) is 24.3 Å². The van der Waals surface area contributed by atoms with Crippen LogP contribution in [0.15, 0.2) is 24.3 Å². The molecule has 0 fully saturated rings. The fourth-order valence-electron chi connectivity index (χ4n) is 1.70. The zero-order chi connectivity index (χ0) is 14.0. The molecule has 0 bridgehead atoms. The number of primary amides is 1. The van der Waals surface area contributed by atoms with E-state index in [9.17, 15) is 14.4 Å². The Hall–Kier alpha value is -2.41. The number of fused-ring (bicyclic) bond motifs is 1. The average Bonchev–Trinajstić information content (AvgIpc) is 2.60. The van der Waals surface area contributed by atoms with Crippen LogP contribution in [0.2, 0.25) is 0 Å². The third-order valence-electron chi connectivity index (χ3n) is 2.51. The maximum absolute atomic E-state index is 11.9. The summed E-state index contributed by atoms with van der Waals surface area (Å²) in [5, 5.41) is 0.658.